The normalized spacial score (nSPS) is 15.1. The molecule has 150 valence electrons. The van der Waals surface area contributed by atoms with Crippen molar-refractivity contribution >= 4 is 46.0 Å². The molecule has 1 amide bonds. The highest BCUT2D eigenvalue weighted by Crippen LogP contribution is 2.34. The van der Waals surface area contributed by atoms with Crippen LogP contribution >= 0.6 is 24.0 Å². The fourth-order valence-electron chi connectivity index (χ4n) is 2.69. The summed E-state index contributed by atoms with van der Waals surface area (Å²) in [5.74, 6) is 0.947. The Kier molecular flexibility index (Phi) is 6.50. The maximum atomic E-state index is 12.4. The summed E-state index contributed by atoms with van der Waals surface area (Å²) in [6.07, 6.45) is 1.77. The van der Waals surface area contributed by atoms with E-state index in [9.17, 15) is 14.9 Å². The van der Waals surface area contributed by atoms with Gasteiger partial charge < -0.3 is 9.47 Å². The smallest absolute Gasteiger partial charge is 0.269 e. The van der Waals surface area contributed by atoms with E-state index in [0.717, 1.165) is 11.1 Å². The van der Waals surface area contributed by atoms with Gasteiger partial charge in [0.15, 0.2) is 11.5 Å². The Morgan fingerprint density at radius 2 is 1.93 bits per heavy atom. The lowest BCUT2D eigenvalue weighted by molar-refractivity contribution is -0.384. The van der Waals surface area contributed by atoms with E-state index >= 15 is 0 Å². The van der Waals surface area contributed by atoms with Crippen molar-refractivity contribution in [1.29, 1.82) is 0 Å². The molecule has 1 aliphatic heterocycles. The molecule has 0 aromatic heterocycles. The number of nitro benzene ring substituents is 1. The van der Waals surface area contributed by atoms with Crippen molar-refractivity contribution in [3.05, 3.63) is 68.6 Å². The number of hydrogen-bond donors (Lipinski definition) is 0. The fraction of sp³-hybridized carbons (Fsp3) is 0.200. The lowest BCUT2D eigenvalue weighted by atomic mass is 10.1. The van der Waals surface area contributed by atoms with Gasteiger partial charge in [-0.25, -0.2) is 0 Å². The van der Waals surface area contributed by atoms with Gasteiger partial charge in [-0.1, -0.05) is 30.0 Å². The Bertz CT molecular complexity index is 989. The second kappa shape index (κ2) is 9.06. The molecule has 1 heterocycles. The monoisotopic (exact) mass is 430 g/mol. The zero-order valence-electron chi connectivity index (χ0n) is 15.8. The standard InChI is InChI=1S/C20H18N2O5S2/c1-3-21-19(23)18(29-20(21)28)11-14-6-9-16(26-2)17(10-14)27-12-13-4-7-15(8-5-13)22(24)25/h4-11H,3,12H2,1-2H3/b18-11+. The van der Waals surface area contributed by atoms with Crippen molar-refractivity contribution in [2.45, 2.75) is 13.5 Å². The van der Waals surface area contributed by atoms with Crippen molar-refractivity contribution in [2.75, 3.05) is 13.7 Å². The van der Waals surface area contributed by atoms with Crippen molar-refractivity contribution in [3.63, 3.8) is 0 Å². The number of carbonyl (C=O) groups is 1. The third-order valence-corrected chi connectivity index (χ3v) is 5.59. The van der Waals surface area contributed by atoms with Gasteiger partial charge in [-0.3, -0.25) is 19.8 Å². The third-order valence-electron chi connectivity index (χ3n) is 4.22. The van der Waals surface area contributed by atoms with Crippen molar-refractivity contribution in [1.82, 2.24) is 4.90 Å². The van der Waals surface area contributed by atoms with Gasteiger partial charge in [-0.05, 0) is 48.4 Å². The third kappa shape index (κ3) is 4.75. The number of non-ortho nitro benzene ring substituents is 1. The maximum absolute atomic E-state index is 12.4. The van der Waals surface area contributed by atoms with Crippen molar-refractivity contribution < 1.29 is 19.2 Å². The zero-order chi connectivity index (χ0) is 21.0. The molecule has 0 atom stereocenters. The van der Waals surface area contributed by atoms with E-state index in [1.54, 1.807) is 42.4 Å². The van der Waals surface area contributed by atoms with Crippen LogP contribution in [-0.4, -0.2) is 33.7 Å². The average Bonchev–Trinajstić information content (AvgIpc) is 2.99. The summed E-state index contributed by atoms with van der Waals surface area (Å²) in [5, 5.41) is 10.8. The highest BCUT2D eigenvalue weighted by atomic mass is 32.2. The molecule has 0 radical (unpaired) electrons. The average molecular weight is 431 g/mol. The lowest BCUT2D eigenvalue weighted by Gasteiger charge is -2.12. The highest BCUT2D eigenvalue weighted by Gasteiger charge is 2.30. The fourth-order valence-corrected chi connectivity index (χ4v) is 4.08. The van der Waals surface area contributed by atoms with Gasteiger partial charge in [0.25, 0.3) is 11.6 Å². The predicted octanol–water partition coefficient (Wildman–Crippen LogP) is 4.40. The zero-order valence-corrected chi connectivity index (χ0v) is 17.4. The lowest BCUT2D eigenvalue weighted by Crippen LogP contribution is -2.27. The molecule has 0 bridgehead atoms. The van der Waals surface area contributed by atoms with Crippen LogP contribution in [0.5, 0.6) is 11.5 Å². The maximum Gasteiger partial charge on any atom is 0.269 e. The Hall–Kier alpha value is -2.91. The number of hydrogen-bond acceptors (Lipinski definition) is 7. The number of ether oxygens (including phenoxy) is 2. The van der Waals surface area contributed by atoms with Gasteiger partial charge in [0.1, 0.15) is 10.9 Å². The Morgan fingerprint density at radius 3 is 2.52 bits per heavy atom. The second-order valence-electron chi connectivity index (χ2n) is 6.05. The molecule has 3 rings (SSSR count). The quantitative estimate of drug-likeness (QED) is 0.279. The molecule has 0 N–H and O–H groups in total. The summed E-state index contributed by atoms with van der Waals surface area (Å²) in [4.78, 5) is 24.8. The molecular weight excluding hydrogens is 412 g/mol. The van der Waals surface area contributed by atoms with Crippen LogP contribution in [0.2, 0.25) is 0 Å². The Morgan fingerprint density at radius 1 is 1.21 bits per heavy atom. The summed E-state index contributed by atoms with van der Waals surface area (Å²) in [6.45, 7) is 2.63. The van der Waals surface area contributed by atoms with E-state index in [0.29, 0.717) is 27.3 Å². The summed E-state index contributed by atoms with van der Waals surface area (Å²) in [5.41, 5.74) is 1.59. The Balaban J connectivity index is 1.79. The van der Waals surface area contributed by atoms with Gasteiger partial charge in [0.2, 0.25) is 0 Å². The molecular formula is C20H18N2O5S2. The number of rotatable bonds is 7. The minimum atomic E-state index is -0.446. The number of thioether (sulfide) groups is 1. The van der Waals surface area contributed by atoms with Crippen LogP contribution in [0.3, 0.4) is 0 Å². The molecule has 9 heteroatoms. The summed E-state index contributed by atoms with van der Waals surface area (Å²) >= 11 is 6.51. The van der Waals surface area contributed by atoms with Crippen LogP contribution in [0.4, 0.5) is 5.69 Å². The predicted molar refractivity (Wildman–Crippen MR) is 116 cm³/mol. The van der Waals surface area contributed by atoms with Crippen molar-refractivity contribution in [2.24, 2.45) is 0 Å². The first kappa shape index (κ1) is 20.8. The number of nitro groups is 1. The topological polar surface area (TPSA) is 81.9 Å². The van der Waals surface area contributed by atoms with Crippen LogP contribution in [0.1, 0.15) is 18.1 Å². The van der Waals surface area contributed by atoms with Gasteiger partial charge >= 0.3 is 0 Å². The number of likely N-dealkylation sites (N-methyl/N-ethyl adjacent to an activating group) is 1. The largest absolute Gasteiger partial charge is 0.493 e. The van der Waals surface area contributed by atoms with E-state index in [4.69, 9.17) is 21.7 Å². The molecule has 1 fully saturated rings. The minimum absolute atomic E-state index is 0.0257. The SMILES string of the molecule is CCN1C(=O)/C(=C\c2ccc(OC)c(OCc3ccc([N+](=O)[O-])cc3)c2)SC1=S. The van der Waals surface area contributed by atoms with Gasteiger partial charge in [0.05, 0.1) is 16.9 Å². The van der Waals surface area contributed by atoms with E-state index < -0.39 is 4.92 Å². The van der Waals surface area contributed by atoms with Crippen LogP contribution in [-0.2, 0) is 11.4 Å². The molecule has 7 nitrogen and oxygen atoms in total. The molecule has 1 saturated heterocycles. The summed E-state index contributed by atoms with van der Waals surface area (Å²) in [7, 11) is 1.54. The van der Waals surface area contributed by atoms with Crippen LogP contribution in [0.25, 0.3) is 6.08 Å². The van der Waals surface area contributed by atoms with Crippen LogP contribution < -0.4 is 9.47 Å². The van der Waals surface area contributed by atoms with Gasteiger partial charge in [-0.2, -0.15) is 0 Å². The van der Waals surface area contributed by atoms with Crippen LogP contribution in [0.15, 0.2) is 47.4 Å². The second-order valence-corrected chi connectivity index (χ2v) is 7.72. The number of amides is 1. The number of benzene rings is 2. The highest BCUT2D eigenvalue weighted by molar-refractivity contribution is 8.26. The molecule has 29 heavy (non-hydrogen) atoms. The summed E-state index contributed by atoms with van der Waals surface area (Å²) < 4.78 is 11.8. The number of nitrogens with zero attached hydrogens (tertiary/aromatic N) is 2. The molecule has 0 unspecified atom stereocenters. The first-order valence-corrected chi connectivity index (χ1v) is 9.95. The molecule has 2 aromatic rings. The molecule has 1 aliphatic rings. The summed E-state index contributed by atoms with van der Waals surface area (Å²) in [6, 6.07) is 11.5. The van der Waals surface area contributed by atoms with E-state index in [1.165, 1.54) is 23.9 Å². The van der Waals surface area contributed by atoms with E-state index in [-0.39, 0.29) is 18.2 Å². The number of thiocarbonyl (C=S) groups is 1. The minimum Gasteiger partial charge on any atom is -0.493 e. The van der Waals surface area contributed by atoms with Crippen LogP contribution in [0, 0.1) is 10.1 Å². The molecule has 2 aromatic carbocycles. The molecule has 0 spiro atoms. The Labute approximate surface area is 177 Å². The molecule has 0 saturated carbocycles. The van der Waals surface area contributed by atoms with E-state index in [1.807, 2.05) is 13.0 Å². The van der Waals surface area contributed by atoms with Crippen molar-refractivity contribution in [3.8, 4) is 11.5 Å². The van der Waals surface area contributed by atoms with Gasteiger partial charge in [0, 0.05) is 18.7 Å². The van der Waals surface area contributed by atoms with Gasteiger partial charge in [-0.15, -0.1) is 0 Å². The van der Waals surface area contributed by atoms with E-state index in [2.05, 4.69) is 0 Å². The number of carbonyl (C=O) groups excluding carboxylic acids is 1. The first-order chi connectivity index (χ1) is 13.9. The first-order valence-electron chi connectivity index (χ1n) is 8.72. The number of methoxy groups -OCH3 is 1. The molecule has 0 aliphatic carbocycles.